The van der Waals surface area contributed by atoms with Crippen LogP contribution in [0.3, 0.4) is 0 Å². The number of fused-ring (bicyclic) bond motifs is 1. The van der Waals surface area contributed by atoms with Crippen molar-refractivity contribution in [2.24, 2.45) is 5.92 Å². The van der Waals surface area contributed by atoms with Gasteiger partial charge in [-0.05, 0) is 0 Å². The normalized spacial score (nSPS) is 34.5. The van der Waals surface area contributed by atoms with Crippen molar-refractivity contribution in [1.29, 1.82) is 0 Å². The van der Waals surface area contributed by atoms with E-state index in [4.69, 9.17) is 4.52 Å². The van der Waals surface area contributed by atoms with E-state index < -0.39 is 41.8 Å². The standard InChI is InChI=1S/C12H15N5O5/c1-4-7(17(20)21)3-6-9(15-12(19)11(18)14-6)8(4)10-13-5(2)22-16-10/h4,6-9H,3H2,1-2H3,(H,14,18)(H,15,19). The molecule has 10 heteroatoms. The van der Waals surface area contributed by atoms with Gasteiger partial charge in [-0.1, -0.05) is 12.1 Å². The second-order valence-electron chi connectivity index (χ2n) is 5.72. The third-order valence-corrected chi connectivity index (χ3v) is 4.42. The summed E-state index contributed by atoms with van der Waals surface area (Å²) in [6.07, 6.45) is 0.151. The van der Waals surface area contributed by atoms with E-state index >= 15 is 0 Å². The molecule has 1 aliphatic carbocycles. The Morgan fingerprint density at radius 1 is 1.32 bits per heavy atom. The number of piperazine rings is 1. The summed E-state index contributed by atoms with van der Waals surface area (Å²) in [6, 6.07) is -1.88. The van der Waals surface area contributed by atoms with E-state index in [1.54, 1.807) is 13.8 Å². The fourth-order valence-corrected chi connectivity index (χ4v) is 3.35. The average molecular weight is 309 g/mol. The lowest BCUT2D eigenvalue weighted by molar-refractivity contribution is -0.536. The molecule has 5 atom stereocenters. The number of aryl methyl sites for hydroxylation is 1. The summed E-state index contributed by atoms with van der Waals surface area (Å²) in [6.45, 7) is 3.34. The van der Waals surface area contributed by atoms with Gasteiger partial charge in [0.25, 0.3) is 0 Å². The molecule has 0 bridgehead atoms. The summed E-state index contributed by atoms with van der Waals surface area (Å²) < 4.78 is 4.96. The van der Waals surface area contributed by atoms with Gasteiger partial charge in [0, 0.05) is 24.2 Å². The van der Waals surface area contributed by atoms with Gasteiger partial charge in [-0.25, -0.2) is 0 Å². The van der Waals surface area contributed by atoms with Crippen molar-refractivity contribution in [2.75, 3.05) is 0 Å². The third kappa shape index (κ3) is 2.20. The molecular formula is C12H15N5O5. The van der Waals surface area contributed by atoms with Gasteiger partial charge in [0.1, 0.15) is 0 Å². The Kier molecular flexibility index (Phi) is 3.30. The van der Waals surface area contributed by atoms with E-state index in [0.29, 0.717) is 11.7 Å². The van der Waals surface area contributed by atoms with E-state index in [0.717, 1.165) is 0 Å². The molecule has 0 radical (unpaired) electrons. The molecule has 1 saturated carbocycles. The molecule has 5 unspecified atom stereocenters. The lowest BCUT2D eigenvalue weighted by Gasteiger charge is -2.43. The Hall–Kier alpha value is -2.52. The van der Waals surface area contributed by atoms with E-state index in [-0.39, 0.29) is 11.3 Å². The first-order chi connectivity index (χ1) is 10.4. The molecule has 22 heavy (non-hydrogen) atoms. The Labute approximate surface area is 124 Å². The van der Waals surface area contributed by atoms with E-state index in [1.807, 2.05) is 0 Å². The van der Waals surface area contributed by atoms with Crippen LogP contribution in [-0.2, 0) is 9.59 Å². The highest BCUT2D eigenvalue weighted by Gasteiger charge is 2.53. The fraction of sp³-hybridized carbons (Fsp3) is 0.667. The molecule has 1 aromatic heterocycles. The second kappa shape index (κ2) is 5.04. The van der Waals surface area contributed by atoms with Crippen LogP contribution in [0, 0.1) is 23.0 Å². The zero-order valence-corrected chi connectivity index (χ0v) is 12.0. The quantitative estimate of drug-likeness (QED) is 0.411. The van der Waals surface area contributed by atoms with Gasteiger partial charge in [-0.2, -0.15) is 4.98 Å². The van der Waals surface area contributed by atoms with Gasteiger partial charge < -0.3 is 15.2 Å². The molecule has 0 aromatic carbocycles. The molecule has 2 N–H and O–H groups in total. The van der Waals surface area contributed by atoms with Crippen LogP contribution in [0.25, 0.3) is 0 Å². The van der Waals surface area contributed by atoms with Crippen LogP contribution in [0.15, 0.2) is 4.52 Å². The molecule has 10 nitrogen and oxygen atoms in total. The molecule has 0 spiro atoms. The molecular weight excluding hydrogens is 294 g/mol. The molecule has 2 heterocycles. The number of aromatic nitrogens is 2. The minimum Gasteiger partial charge on any atom is -0.343 e. The first-order valence-corrected chi connectivity index (χ1v) is 6.93. The SMILES string of the molecule is Cc1nc(C2C(C)C([N+](=O)[O-])CC3NC(=O)C(=O)NC32)no1. The minimum atomic E-state index is -0.861. The number of hydrogen-bond acceptors (Lipinski definition) is 7. The third-order valence-electron chi connectivity index (χ3n) is 4.42. The van der Waals surface area contributed by atoms with Crippen molar-refractivity contribution in [3.63, 3.8) is 0 Å². The van der Waals surface area contributed by atoms with Gasteiger partial charge in [0.15, 0.2) is 5.82 Å². The predicted octanol–water partition coefficient (Wildman–Crippen LogP) is -0.870. The Morgan fingerprint density at radius 2 is 2.00 bits per heavy atom. The molecule has 2 aliphatic rings. The highest BCUT2D eigenvalue weighted by Crippen LogP contribution is 2.39. The maximum atomic E-state index is 11.6. The number of amides is 2. The van der Waals surface area contributed by atoms with E-state index in [1.165, 1.54) is 0 Å². The van der Waals surface area contributed by atoms with Crippen molar-refractivity contribution < 1.29 is 19.0 Å². The number of hydrogen-bond donors (Lipinski definition) is 2. The van der Waals surface area contributed by atoms with Gasteiger partial charge >= 0.3 is 11.8 Å². The maximum Gasteiger partial charge on any atom is 0.309 e. The van der Waals surface area contributed by atoms with Crippen LogP contribution >= 0.6 is 0 Å². The average Bonchev–Trinajstić information content (AvgIpc) is 2.86. The summed E-state index contributed by atoms with van der Waals surface area (Å²) >= 11 is 0. The van der Waals surface area contributed by atoms with Crippen LogP contribution in [-0.4, -0.2) is 45.0 Å². The van der Waals surface area contributed by atoms with Crippen molar-refractivity contribution in [2.45, 2.75) is 44.3 Å². The van der Waals surface area contributed by atoms with Crippen molar-refractivity contribution >= 4 is 11.8 Å². The van der Waals surface area contributed by atoms with E-state index in [9.17, 15) is 19.7 Å². The maximum absolute atomic E-state index is 11.6. The van der Waals surface area contributed by atoms with Crippen LogP contribution in [0.5, 0.6) is 0 Å². The molecule has 3 rings (SSSR count). The van der Waals surface area contributed by atoms with E-state index in [2.05, 4.69) is 20.8 Å². The molecule has 2 fully saturated rings. The zero-order chi connectivity index (χ0) is 16.0. The van der Waals surface area contributed by atoms with Crippen LogP contribution < -0.4 is 10.6 Å². The van der Waals surface area contributed by atoms with Crippen molar-refractivity contribution in [1.82, 2.24) is 20.8 Å². The lowest BCUT2D eigenvalue weighted by Crippen LogP contribution is -2.68. The number of carbonyl (C=O) groups is 2. The van der Waals surface area contributed by atoms with Crippen molar-refractivity contribution in [3.8, 4) is 0 Å². The molecule has 1 saturated heterocycles. The molecule has 118 valence electrons. The number of nitrogens with one attached hydrogen (secondary N) is 2. The van der Waals surface area contributed by atoms with Crippen LogP contribution in [0.1, 0.15) is 31.0 Å². The molecule has 2 amide bonds. The predicted molar refractivity (Wildman–Crippen MR) is 70.2 cm³/mol. The first kappa shape index (κ1) is 14.4. The summed E-state index contributed by atoms with van der Waals surface area (Å²) in [5.74, 6) is -1.80. The summed E-state index contributed by atoms with van der Waals surface area (Å²) in [5, 5.41) is 20.3. The van der Waals surface area contributed by atoms with Gasteiger partial charge in [-0.3, -0.25) is 19.7 Å². The highest BCUT2D eigenvalue weighted by molar-refractivity contribution is 6.35. The van der Waals surface area contributed by atoms with Crippen molar-refractivity contribution in [3.05, 3.63) is 21.8 Å². The zero-order valence-electron chi connectivity index (χ0n) is 12.0. The monoisotopic (exact) mass is 309 g/mol. The first-order valence-electron chi connectivity index (χ1n) is 6.93. The fourth-order valence-electron chi connectivity index (χ4n) is 3.35. The topological polar surface area (TPSA) is 140 Å². The lowest BCUT2D eigenvalue weighted by atomic mass is 9.70. The van der Waals surface area contributed by atoms with Crippen LogP contribution in [0.4, 0.5) is 0 Å². The summed E-state index contributed by atoms with van der Waals surface area (Å²) in [5.41, 5.74) is 0. The number of nitro groups is 1. The smallest absolute Gasteiger partial charge is 0.309 e. The summed E-state index contributed by atoms with van der Waals surface area (Å²) in [4.78, 5) is 38.2. The second-order valence-corrected chi connectivity index (χ2v) is 5.72. The molecule has 1 aromatic rings. The van der Waals surface area contributed by atoms with Gasteiger partial charge in [-0.15, -0.1) is 0 Å². The Balaban J connectivity index is 2.00. The number of rotatable bonds is 2. The highest BCUT2D eigenvalue weighted by atomic mass is 16.6. The Bertz CT molecular complexity index is 644. The van der Waals surface area contributed by atoms with Gasteiger partial charge in [0.2, 0.25) is 11.9 Å². The largest absolute Gasteiger partial charge is 0.343 e. The number of nitrogens with zero attached hydrogens (tertiary/aromatic N) is 3. The summed E-state index contributed by atoms with van der Waals surface area (Å²) in [7, 11) is 0. The Morgan fingerprint density at radius 3 is 2.59 bits per heavy atom. The van der Waals surface area contributed by atoms with Crippen LogP contribution in [0.2, 0.25) is 0 Å². The number of carbonyl (C=O) groups excluding carboxylic acids is 2. The molecule has 1 aliphatic heterocycles. The van der Waals surface area contributed by atoms with Gasteiger partial charge in [0.05, 0.1) is 18.0 Å². The minimum absolute atomic E-state index is 0.151.